The highest BCUT2D eigenvalue weighted by Gasteiger charge is 2.32. The van der Waals surface area contributed by atoms with E-state index in [1.807, 2.05) is 30.3 Å². The molecule has 0 aliphatic carbocycles. The first-order chi connectivity index (χ1) is 9.20. The monoisotopic (exact) mass is 262 g/mol. The molecule has 2 atom stereocenters. The zero-order chi connectivity index (χ0) is 13.7. The quantitative estimate of drug-likeness (QED) is 0.906. The summed E-state index contributed by atoms with van der Waals surface area (Å²) in [4.78, 5) is 13.7. The Morgan fingerprint density at radius 2 is 2.11 bits per heavy atom. The van der Waals surface area contributed by atoms with Crippen LogP contribution in [0.25, 0.3) is 0 Å². The van der Waals surface area contributed by atoms with Crippen LogP contribution in [0.3, 0.4) is 0 Å². The summed E-state index contributed by atoms with van der Waals surface area (Å²) in [5.74, 6) is 0.411. The third-order valence-electron chi connectivity index (χ3n) is 3.61. The van der Waals surface area contributed by atoms with Crippen LogP contribution in [0, 0.1) is 5.92 Å². The molecular weight excluding hydrogens is 240 g/mol. The van der Waals surface area contributed by atoms with Crippen molar-refractivity contribution in [3.63, 3.8) is 0 Å². The summed E-state index contributed by atoms with van der Waals surface area (Å²) < 4.78 is 5.32. The summed E-state index contributed by atoms with van der Waals surface area (Å²) >= 11 is 0. The fraction of sp³-hybridized carbons (Fsp3) is 0.533. The van der Waals surface area contributed by atoms with Gasteiger partial charge in [-0.05, 0) is 17.9 Å². The van der Waals surface area contributed by atoms with Crippen molar-refractivity contribution < 1.29 is 9.53 Å². The number of hydrogen-bond donors (Lipinski definition) is 1. The third-order valence-corrected chi connectivity index (χ3v) is 3.61. The minimum absolute atomic E-state index is 0.0872. The highest BCUT2D eigenvalue weighted by Crippen LogP contribution is 2.21. The molecule has 1 aliphatic rings. The van der Waals surface area contributed by atoms with Crippen LogP contribution in [0.5, 0.6) is 0 Å². The molecule has 2 N–H and O–H groups in total. The van der Waals surface area contributed by atoms with Crippen LogP contribution in [0.1, 0.15) is 25.3 Å². The average Bonchev–Trinajstić information content (AvgIpc) is 2.79. The minimum atomic E-state index is -0.252. The van der Waals surface area contributed by atoms with E-state index in [-0.39, 0.29) is 12.1 Å². The molecule has 0 aromatic heterocycles. The lowest BCUT2D eigenvalue weighted by atomic mass is 9.99. The van der Waals surface area contributed by atoms with Crippen LogP contribution in [-0.4, -0.2) is 30.1 Å². The zero-order valence-corrected chi connectivity index (χ0v) is 11.4. The van der Waals surface area contributed by atoms with Gasteiger partial charge in [-0.15, -0.1) is 0 Å². The maximum absolute atomic E-state index is 12.0. The van der Waals surface area contributed by atoms with E-state index in [4.69, 9.17) is 10.5 Å². The van der Waals surface area contributed by atoms with Gasteiger partial charge in [-0.3, -0.25) is 0 Å². The molecular formula is C15H22N2O2. The molecule has 0 bridgehead atoms. The molecule has 2 unspecified atom stereocenters. The number of hydrogen-bond acceptors (Lipinski definition) is 3. The van der Waals surface area contributed by atoms with Crippen LogP contribution < -0.4 is 5.73 Å². The summed E-state index contributed by atoms with van der Waals surface area (Å²) in [5, 5.41) is 0. The molecule has 19 heavy (non-hydrogen) atoms. The molecule has 1 heterocycles. The largest absolute Gasteiger partial charge is 0.445 e. The number of carbonyl (C=O) groups excluding carboxylic acids is 1. The molecule has 4 heteroatoms. The van der Waals surface area contributed by atoms with E-state index in [2.05, 4.69) is 6.92 Å². The predicted octanol–water partition coefficient (Wildman–Crippen LogP) is 2.38. The lowest BCUT2D eigenvalue weighted by molar-refractivity contribution is 0.103. The smallest absolute Gasteiger partial charge is 0.410 e. The first-order valence-electron chi connectivity index (χ1n) is 6.92. The van der Waals surface area contributed by atoms with Gasteiger partial charge < -0.3 is 15.4 Å². The summed E-state index contributed by atoms with van der Waals surface area (Å²) in [5.41, 5.74) is 7.06. The maximum Gasteiger partial charge on any atom is 0.410 e. The molecule has 1 aliphatic heterocycles. The molecule has 1 aromatic rings. The van der Waals surface area contributed by atoms with Crippen LogP contribution in [-0.2, 0) is 11.3 Å². The molecule has 0 spiro atoms. The van der Waals surface area contributed by atoms with Gasteiger partial charge in [0.15, 0.2) is 0 Å². The maximum atomic E-state index is 12.0. The molecule has 1 aromatic carbocycles. The van der Waals surface area contributed by atoms with Crippen molar-refractivity contribution in [1.29, 1.82) is 0 Å². The highest BCUT2D eigenvalue weighted by molar-refractivity contribution is 5.68. The molecule has 1 fully saturated rings. The van der Waals surface area contributed by atoms with Gasteiger partial charge in [-0.2, -0.15) is 0 Å². The number of nitrogens with zero attached hydrogens (tertiary/aromatic N) is 1. The number of benzene rings is 1. The third kappa shape index (κ3) is 3.70. The van der Waals surface area contributed by atoms with Gasteiger partial charge in [0, 0.05) is 19.1 Å². The second kappa shape index (κ2) is 6.57. The second-order valence-electron chi connectivity index (χ2n) is 5.16. The number of nitrogens with two attached hydrogens (primary N) is 1. The van der Waals surface area contributed by atoms with Crippen LogP contribution in [0.2, 0.25) is 0 Å². The molecule has 0 radical (unpaired) electrons. The number of ether oxygens (including phenoxy) is 1. The number of rotatable bonds is 4. The SMILES string of the molecule is CCCC1CN(C(=O)OCc2ccccc2)CC1N. The van der Waals surface area contributed by atoms with Crippen molar-refractivity contribution in [3.05, 3.63) is 35.9 Å². The lowest BCUT2D eigenvalue weighted by Gasteiger charge is -2.16. The van der Waals surface area contributed by atoms with E-state index in [0.717, 1.165) is 24.9 Å². The van der Waals surface area contributed by atoms with Crippen molar-refractivity contribution in [2.24, 2.45) is 11.7 Å². The molecule has 1 saturated heterocycles. The Hall–Kier alpha value is -1.55. The topological polar surface area (TPSA) is 55.6 Å². The number of carbonyl (C=O) groups is 1. The summed E-state index contributed by atoms with van der Waals surface area (Å²) in [7, 11) is 0. The minimum Gasteiger partial charge on any atom is -0.445 e. The Labute approximate surface area is 114 Å². The number of likely N-dealkylation sites (tertiary alicyclic amines) is 1. The fourth-order valence-electron chi connectivity index (χ4n) is 2.53. The lowest BCUT2D eigenvalue weighted by Crippen LogP contribution is -2.32. The van der Waals surface area contributed by atoms with Crippen molar-refractivity contribution in [2.75, 3.05) is 13.1 Å². The first-order valence-corrected chi connectivity index (χ1v) is 6.92. The van der Waals surface area contributed by atoms with Crippen molar-refractivity contribution in [3.8, 4) is 0 Å². The Morgan fingerprint density at radius 3 is 2.79 bits per heavy atom. The van der Waals surface area contributed by atoms with Crippen molar-refractivity contribution >= 4 is 6.09 Å². The fourth-order valence-corrected chi connectivity index (χ4v) is 2.53. The van der Waals surface area contributed by atoms with Gasteiger partial charge in [0.25, 0.3) is 0 Å². The summed E-state index contributed by atoms with van der Waals surface area (Å²) in [6.45, 7) is 3.80. The molecule has 4 nitrogen and oxygen atoms in total. The van der Waals surface area contributed by atoms with Crippen LogP contribution >= 0.6 is 0 Å². The van der Waals surface area contributed by atoms with E-state index in [9.17, 15) is 4.79 Å². The van der Waals surface area contributed by atoms with Crippen molar-refractivity contribution in [2.45, 2.75) is 32.4 Å². The first kappa shape index (κ1) is 13.9. The number of amides is 1. The Kier molecular flexibility index (Phi) is 4.80. The zero-order valence-electron chi connectivity index (χ0n) is 11.4. The van der Waals surface area contributed by atoms with Gasteiger partial charge >= 0.3 is 6.09 Å². The summed E-state index contributed by atoms with van der Waals surface area (Å²) in [6, 6.07) is 9.80. The second-order valence-corrected chi connectivity index (χ2v) is 5.16. The van der Waals surface area contributed by atoms with Gasteiger partial charge in [-0.25, -0.2) is 4.79 Å². The van der Waals surface area contributed by atoms with E-state index in [1.165, 1.54) is 0 Å². The van der Waals surface area contributed by atoms with Gasteiger partial charge in [-0.1, -0.05) is 43.7 Å². The molecule has 1 amide bonds. The molecule has 0 saturated carbocycles. The van der Waals surface area contributed by atoms with Gasteiger partial charge in [0.05, 0.1) is 0 Å². The average molecular weight is 262 g/mol. The Morgan fingerprint density at radius 1 is 1.37 bits per heavy atom. The highest BCUT2D eigenvalue weighted by atomic mass is 16.6. The predicted molar refractivity (Wildman–Crippen MR) is 74.6 cm³/mol. The van der Waals surface area contributed by atoms with Gasteiger partial charge in [0.2, 0.25) is 0 Å². The van der Waals surface area contributed by atoms with E-state index >= 15 is 0 Å². The summed E-state index contributed by atoms with van der Waals surface area (Å²) in [6.07, 6.45) is 1.92. The van der Waals surface area contributed by atoms with E-state index < -0.39 is 0 Å². The molecule has 104 valence electrons. The van der Waals surface area contributed by atoms with Gasteiger partial charge in [0.1, 0.15) is 6.61 Å². The molecule has 2 rings (SSSR count). The Balaban J connectivity index is 1.81. The van der Waals surface area contributed by atoms with Crippen LogP contribution in [0.15, 0.2) is 30.3 Å². The van der Waals surface area contributed by atoms with Crippen LogP contribution in [0.4, 0.5) is 4.79 Å². The van der Waals surface area contributed by atoms with Crippen molar-refractivity contribution in [1.82, 2.24) is 4.90 Å². The standard InChI is InChI=1S/C15H22N2O2/c1-2-6-13-9-17(10-14(13)16)15(18)19-11-12-7-4-3-5-8-12/h3-5,7-8,13-14H,2,6,9-11,16H2,1H3. The Bertz CT molecular complexity index is 408. The van der Waals surface area contributed by atoms with E-state index in [1.54, 1.807) is 4.90 Å². The van der Waals surface area contributed by atoms with E-state index in [0.29, 0.717) is 19.1 Å². The normalized spacial score (nSPS) is 22.5.